The van der Waals surface area contributed by atoms with Gasteiger partial charge < -0.3 is 10.6 Å². The van der Waals surface area contributed by atoms with Crippen LogP contribution in [0.3, 0.4) is 0 Å². The lowest BCUT2D eigenvalue weighted by atomic mass is 10.3. The topological polar surface area (TPSA) is 130 Å². The molecule has 0 amide bonds. The van der Waals surface area contributed by atoms with Gasteiger partial charge in [0.1, 0.15) is 14.7 Å². The molecule has 1 aromatic heterocycles. The molecular formula is C15H28IN5O4S2. The summed E-state index contributed by atoms with van der Waals surface area (Å²) in [5.74, 6) is 0.597. The Morgan fingerprint density at radius 3 is 2.56 bits per heavy atom. The summed E-state index contributed by atoms with van der Waals surface area (Å²) in [6.45, 7) is 4.76. The summed E-state index contributed by atoms with van der Waals surface area (Å²) in [5.41, 5.74) is 0. The van der Waals surface area contributed by atoms with Gasteiger partial charge in [0.05, 0.1) is 12.3 Å². The second-order valence-electron chi connectivity index (χ2n) is 5.81. The van der Waals surface area contributed by atoms with Gasteiger partial charge in [0, 0.05) is 37.8 Å². The van der Waals surface area contributed by atoms with Crippen LogP contribution >= 0.6 is 24.0 Å². The standard InChI is InChI=1S/C15H27N5O4S2.HI/c1-4-17-15(20-13(2)7-11-25(3,21)22)18-9-10-19-26(23,24)14-6-5-8-16-12-14;/h5-6,8,12-13,19H,4,7,9-11H2,1-3H3,(H2,17,18,20);1H. The molecule has 0 radical (unpaired) electrons. The van der Waals surface area contributed by atoms with Crippen molar-refractivity contribution in [2.24, 2.45) is 4.99 Å². The number of pyridine rings is 1. The maximum absolute atomic E-state index is 12.1. The molecule has 12 heteroatoms. The van der Waals surface area contributed by atoms with Crippen LogP contribution in [0.5, 0.6) is 0 Å². The van der Waals surface area contributed by atoms with Gasteiger partial charge in [-0.25, -0.2) is 21.6 Å². The van der Waals surface area contributed by atoms with E-state index in [0.717, 1.165) is 0 Å². The number of rotatable bonds is 10. The van der Waals surface area contributed by atoms with E-state index in [1.54, 1.807) is 6.07 Å². The van der Waals surface area contributed by atoms with Crippen LogP contribution in [0, 0.1) is 0 Å². The third kappa shape index (κ3) is 11.4. The number of hydrogen-bond donors (Lipinski definition) is 3. The molecule has 1 atom stereocenters. The van der Waals surface area contributed by atoms with Crippen molar-refractivity contribution in [3.05, 3.63) is 24.5 Å². The Hall–Kier alpha value is -0.990. The first kappa shape index (κ1) is 26.0. The average Bonchev–Trinajstić information content (AvgIpc) is 2.57. The number of nitrogens with one attached hydrogen (secondary N) is 3. The fourth-order valence-electron chi connectivity index (χ4n) is 1.95. The molecule has 9 nitrogen and oxygen atoms in total. The second kappa shape index (κ2) is 12.5. The zero-order chi connectivity index (χ0) is 19.6. The smallest absolute Gasteiger partial charge is 0.242 e. The molecule has 0 saturated heterocycles. The van der Waals surface area contributed by atoms with E-state index in [9.17, 15) is 16.8 Å². The van der Waals surface area contributed by atoms with Crippen LogP contribution in [0.25, 0.3) is 0 Å². The molecule has 1 heterocycles. The SMILES string of the molecule is CCNC(=NCCNS(=O)(=O)c1cccnc1)NC(C)CCS(C)(=O)=O.I. The number of hydrogen-bond acceptors (Lipinski definition) is 6. The number of aromatic nitrogens is 1. The molecule has 0 fully saturated rings. The van der Waals surface area contributed by atoms with Crippen LogP contribution in [0.4, 0.5) is 0 Å². The molecule has 0 aromatic carbocycles. The number of guanidine groups is 1. The molecule has 3 N–H and O–H groups in total. The fraction of sp³-hybridized carbons (Fsp3) is 0.600. The number of nitrogens with zero attached hydrogens (tertiary/aromatic N) is 2. The van der Waals surface area contributed by atoms with E-state index in [4.69, 9.17) is 0 Å². The van der Waals surface area contributed by atoms with Crippen molar-refractivity contribution in [1.82, 2.24) is 20.3 Å². The first-order valence-corrected chi connectivity index (χ1v) is 11.8. The highest BCUT2D eigenvalue weighted by Crippen LogP contribution is 2.04. The largest absolute Gasteiger partial charge is 0.357 e. The summed E-state index contributed by atoms with van der Waals surface area (Å²) in [4.78, 5) is 8.19. The molecule has 0 spiro atoms. The summed E-state index contributed by atoms with van der Waals surface area (Å²) < 4.78 is 49.1. The summed E-state index contributed by atoms with van der Waals surface area (Å²) in [5, 5.41) is 6.15. The van der Waals surface area contributed by atoms with E-state index >= 15 is 0 Å². The van der Waals surface area contributed by atoms with Gasteiger partial charge in [-0.2, -0.15) is 0 Å². The Morgan fingerprint density at radius 1 is 1.30 bits per heavy atom. The van der Waals surface area contributed by atoms with E-state index in [0.29, 0.717) is 18.9 Å². The highest BCUT2D eigenvalue weighted by atomic mass is 127. The normalized spacial score (nSPS) is 13.5. The molecule has 156 valence electrons. The minimum Gasteiger partial charge on any atom is -0.357 e. The Kier molecular flexibility index (Phi) is 12.0. The number of sulfone groups is 1. The first-order chi connectivity index (χ1) is 12.1. The average molecular weight is 533 g/mol. The van der Waals surface area contributed by atoms with E-state index in [1.807, 2.05) is 13.8 Å². The summed E-state index contributed by atoms with van der Waals surface area (Å²) in [6.07, 6.45) is 4.44. The van der Waals surface area contributed by atoms with Crippen molar-refractivity contribution in [1.29, 1.82) is 0 Å². The van der Waals surface area contributed by atoms with Crippen LogP contribution in [0.1, 0.15) is 20.3 Å². The van der Waals surface area contributed by atoms with Crippen molar-refractivity contribution >= 4 is 49.8 Å². The van der Waals surface area contributed by atoms with E-state index in [1.165, 1.54) is 24.7 Å². The molecule has 1 rings (SSSR count). The van der Waals surface area contributed by atoms with Crippen molar-refractivity contribution < 1.29 is 16.8 Å². The predicted molar refractivity (Wildman–Crippen MR) is 118 cm³/mol. The molecule has 0 bridgehead atoms. The third-order valence-electron chi connectivity index (χ3n) is 3.27. The quantitative estimate of drug-likeness (QED) is 0.171. The minimum absolute atomic E-state index is 0. The molecule has 1 aromatic rings. The van der Waals surface area contributed by atoms with Gasteiger partial charge in [-0.3, -0.25) is 9.98 Å². The van der Waals surface area contributed by atoms with Gasteiger partial charge in [-0.05, 0) is 32.4 Å². The maximum atomic E-state index is 12.1. The van der Waals surface area contributed by atoms with Gasteiger partial charge in [0.2, 0.25) is 10.0 Å². The maximum Gasteiger partial charge on any atom is 0.242 e. The fourth-order valence-corrected chi connectivity index (χ4v) is 3.72. The molecule has 1 unspecified atom stereocenters. The van der Waals surface area contributed by atoms with Gasteiger partial charge in [0.15, 0.2) is 5.96 Å². The lowest BCUT2D eigenvalue weighted by molar-refractivity contribution is 0.580. The molecule has 0 aliphatic heterocycles. The van der Waals surface area contributed by atoms with Gasteiger partial charge in [0.25, 0.3) is 0 Å². The van der Waals surface area contributed by atoms with Crippen molar-refractivity contribution in [3.8, 4) is 0 Å². The Morgan fingerprint density at radius 2 is 2.00 bits per heavy atom. The van der Waals surface area contributed by atoms with Crippen molar-refractivity contribution in [2.75, 3.05) is 31.6 Å². The Labute approximate surface area is 178 Å². The van der Waals surface area contributed by atoms with Gasteiger partial charge in [-0.1, -0.05) is 0 Å². The van der Waals surface area contributed by atoms with E-state index < -0.39 is 19.9 Å². The van der Waals surface area contributed by atoms with E-state index in [-0.39, 0.29) is 53.8 Å². The summed E-state index contributed by atoms with van der Waals surface area (Å²) in [7, 11) is -6.62. The van der Waals surface area contributed by atoms with Gasteiger partial charge >= 0.3 is 0 Å². The summed E-state index contributed by atoms with van der Waals surface area (Å²) in [6, 6.07) is 2.93. The predicted octanol–water partition coefficient (Wildman–Crippen LogP) is 0.356. The Bertz CT molecular complexity index is 786. The van der Waals surface area contributed by atoms with Crippen LogP contribution in [0.2, 0.25) is 0 Å². The highest BCUT2D eigenvalue weighted by molar-refractivity contribution is 14.0. The van der Waals surface area contributed by atoms with Crippen molar-refractivity contribution in [3.63, 3.8) is 0 Å². The van der Waals surface area contributed by atoms with Gasteiger partial charge in [-0.15, -0.1) is 24.0 Å². The molecule has 0 aliphatic rings. The molecule has 27 heavy (non-hydrogen) atoms. The molecule has 0 aliphatic carbocycles. The minimum atomic E-state index is -3.61. The van der Waals surface area contributed by atoms with Crippen LogP contribution in [0.15, 0.2) is 34.4 Å². The molecule has 0 saturated carbocycles. The monoisotopic (exact) mass is 533 g/mol. The van der Waals surface area contributed by atoms with Crippen LogP contribution < -0.4 is 15.4 Å². The zero-order valence-corrected chi connectivity index (χ0v) is 19.6. The van der Waals surface area contributed by atoms with E-state index in [2.05, 4.69) is 25.3 Å². The number of sulfonamides is 1. The summed E-state index contributed by atoms with van der Waals surface area (Å²) >= 11 is 0. The third-order valence-corrected chi connectivity index (χ3v) is 5.69. The highest BCUT2D eigenvalue weighted by Gasteiger charge is 2.13. The lowest BCUT2D eigenvalue weighted by Crippen LogP contribution is -2.43. The number of aliphatic imine (C=N–C) groups is 1. The molecular weight excluding hydrogens is 505 g/mol. The van der Waals surface area contributed by atoms with Crippen LogP contribution in [-0.2, 0) is 19.9 Å². The lowest BCUT2D eigenvalue weighted by Gasteiger charge is -2.17. The zero-order valence-electron chi connectivity index (χ0n) is 15.7. The number of halogens is 1. The van der Waals surface area contributed by atoms with Crippen LogP contribution in [-0.4, -0.2) is 65.5 Å². The van der Waals surface area contributed by atoms with Crippen molar-refractivity contribution in [2.45, 2.75) is 31.2 Å². The first-order valence-electron chi connectivity index (χ1n) is 8.26. The second-order valence-corrected chi connectivity index (χ2v) is 9.84. The Balaban J connectivity index is 0.00000676.